The number of carbonyl (C=O) groups is 1. The Bertz CT molecular complexity index is 482. The molecule has 5 nitrogen and oxygen atoms in total. The van der Waals surface area contributed by atoms with E-state index in [1.54, 1.807) is 14.2 Å². The first-order valence-corrected chi connectivity index (χ1v) is 6.88. The number of rotatable bonds is 5. The fraction of sp³-hybridized carbons (Fsp3) is 0.533. The van der Waals surface area contributed by atoms with Gasteiger partial charge in [-0.25, -0.2) is 0 Å². The molecular weight excluding hydrogens is 292 g/mol. The second-order valence-electron chi connectivity index (χ2n) is 5.07. The molecule has 0 aromatic heterocycles. The number of halogens is 1. The van der Waals surface area contributed by atoms with Gasteiger partial charge in [0.05, 0.1) is 14.2 Å². The van der Waals surface area contributed by atoms with E-state index in [-0.39, 0.29) is 24.4 Å². The van der Waals surface area contributed by atoms with Crippen LogP contribution in [0.25, 0.3) is 0 Å². The molecule has 1 fully saturated rings. The normalized spacial score (nSPS) is 17.3. The van der Waals surface area contributed by atoms with Crippen LogP contribution in [0.2, 0.25) is 0 Å². The van der Waals surface area contributed by atoms with Crippen LogP contribution < -0.4 is 15.2 Å². The van der Waals surface area contributed by atoms with Crippen molar-refractivity contribution in [2.75, 3.05) is 27.3 Å². The Kier molecular flexibility index (Phi) is 6.78. The molecule has 2 rings (SSSR count). The Morgan fingerprint density at radius 2 is 2.14 bits per heavy atom. The summed E-state index contributed by atoms with van der Waals surface area (Å²) in [4.78, 5) is 14.0. The zero-order valence-electron chi connectivity index (χ0n) is 12.5. The minimum absolute atomic E-state index is 0. The number of ether oxygens (including phenoxy) is 2. The van der Waals surface area contributed by atoms with Gasteiger partial charge in [0.2, 0.25) is 5.91 Å². The molecular formula is C15H23ClN2O3. The van der Waals surface area contributed by atoms with Crippen molar-refractivity contribution in [2.24, 2.45) is 5.73 Å². The summed E-state index contributed by atoms with van der Waals surface area (Å²) in [5.41, 5.74) is 6.81. The first-order valence-electron chi connectivity index (χ1n) is 6.88. The Hall–Kier alpha value is -1.46. The molecule has 0 unspecified atom stereocenters. The Morgan fingerprint density at radius 3 is 2.71 bits per heavy atom. The molecule has 118 valence electrons. The van der Waals surface area contributed by atoms with Gasteiger partial charge in [0.25, 0.3) is 0 Å². The summed E-state index contributed by atoms with van der Waals surface area (Å²) in [6.45, 7) is 1.45. The molecule has 21 heavy (non-hydrogen) atoms. The molecule has 0 saturated carbocycles. The number of hydrogen-bond donors (Lipinski definition) is 1. The highest BCUT2D eigenvalue weighted by Gasteiger charge is 2.23. The molecule has 1 aromatic carbocycles. The van der Waals surface area contributed by atoms with Crippen molar-refractivity contribution in [3.05, 3.63) is 23.8 Å². The van der Waals surface area contributed by atoms with E-state index in [9.17, 15) is 4.79 Å². The number of carbonyl (C=O) groups excluding carboxylic acids is 1. The highest BCUT2D eigenvalue weighted by Crippen LogP contribution is 2.25. The predicted octanol–water partition coefficient (Wildman–Crippen LogP) is 1.62. The maximum Gasteiger partial charge on any atom is 0.222 e. The van der Waals surface area contributed by atoms with E-state index in [0.717, 1.165) is 30.0 Å². The van der Waals surface area contributed by atoms with E-state index >= 15 is 0 Å². The van der Waals surface area contributed by atoms with Crippen molar-refractivity contribution < 1.29 is 14.3 Å². The summed E-state index contributed by atoms with van der Waals surface area (Å²) in [5.74, 6) is 1.72. The van der Waals surface area contributed by atoms with E-state index in [4.69, 9.17) is 15.2 Å². The fourth-order valence-electron chi connectivity index (χ4n) is 2.49. The number of amides is 1. The molecule has 0 bridgehead atoms. The predicted molar refractivity (Wildman–Crippen MR) is 84.3 cm³/mol. The highest BCUT2D eigenvalue weighted by molar-refractivity contribution is 5.85. The Morgan fingerprint density at radius 1 is 1.38 bits per heavy atom. The second kappa shape index (κ2) is 8.10. The molecule has 2 N–H and O–H groups in total. The van der Waals surface area contributed by atoms with Gasteiger partial charge < -0.3 is 20.1 Å². The number of hydrogen-bond acceptors (Lipinski definition) is 4. The van der Waals surface area contributed by atoms with Gasteiger partial charge in [-0.05, 0) is 36.6 Å². The van der Waals surface area contributed by atoms with Crippen molar-refractivity contribution in [3.8, 4) is 11.5 Å². The van der Waals surface area contributed by atoms with Crippen LogP contribution in [0, 0.1) is 0 Å². The van der Waals surface area contributed by atoms with Gasteiger partial charge in [0, 0.05) is 25.6 Å². The monoisotopic (exact) mass is 314 g/mol. The van der Waals surface area contributed by atoms with Crippen molar-refractivity contribution in [2.45, 2.75) is 25.3 Å². The summed E-state index contributed by atoms with van der Waals surface area (Å²) in [7, 11) is 3.26. The number of benzene rings is 1. The molecule has 0 radical (unpaired) electrons. The quantitative estimate of drug-likeness (QED) is 0.897. The van der Waals surface area contributed by atoms with Crippen LogP contribution in [-0.2, 0) is 11.2 Å². The number of nitrogens with two attached hydrogens (primary N) is 1. The van der Waals surface area contributed by atoms with Gasteiger partial charge in [-0.1, -0.05) is 0 Å². The summed E-state index contributed by atoms with van der Waals surface area (Å²) in [6, 6.07) is 5.76. The standard InChI is InChI=1S/C15H22N2O3.ClH/c1-19-13-4-5-14(20-2)11(9-13)3-6-15(18)17-8-7-12(16)10-17;/h4-5,9,12H,3,6-8,10,16H2,1-2H3;1H/t12-;/m1./s1. The number of nitrogens with zero attached hydrogens (tertiary/aromatic N) is 1. The van der Waals surface area contributed by atoms with Crippen LogP contribution in [0.3, 0.4) is 0 Å². The van der Waals surface area contributed by atoms with Crippen LogP contribution in [-0.4, -0.2) is 44.2 Å². The Balaban J connectivity index is 0.00000220. The molecule has 1 aliphatic heterocycles. The third-order valence-electron chi connectivity index (χ3n) is 3.67. The minimum atomic E-state index is 0. The third kappa shape index (κ3) is 4.51. The van der Waals surface area contributed by atoms with Crippen molar-refractivity contribution in [1.29, 1.82) is 0 Å². The lowest BCUT2D eigenvalue weighted by Gasteiger charge is -2.16. The van der Waals surface area contributed by atoms with Crippen LogP contribution >= 0.6 is 12.4 Å². The summed E-state index contributed by atoms with van der Waals surface area (Å²) >= 11 is 0. The third-order valence-corrected chi connectivity index (χ3v) is 3.67. The molecule has 1 saturated heterocycles. The average molecular weight is 315 g/mol. The largest absolute Gasteiger partial charge is 0.497 e. The molecule has 1 aliphatic rings. The van der Waals surface area contributed by atoms with Gasteiger partial charge in [-0.15, -0.1) is 12.4 Å². The van der Waals surface area contributed by atoms with Gasteiger partial charge in [-0.2, -0.15) is 0 Å². The van der Waals surface area contributed by atoms with Crippen molar-refractivity contribution >= 4 is 18.3 Å². The molecule has 0 spiro atoms. The fourth-order valence-corrected chi connectivity index (χ4v) is 2.49. The van der Waals surface area contributed by atoms with E-state index in [0.29, 0.717) is 19.4 Å². The van der Waals surface area contributed by atoms with Crippen molar-refractivity contribution in [3.63, 3.8) is 0 Å². The maximum absolute atomic E-state index is 12.1. The molecule has 1 atom stereocenters. The molecule has 6 heteroatoms. The summed E-state index contributed by atoms with van der Waals surface area (Å²) in [5, 5.41) is 0. The van der Waals surface area contributed by atoms with Crippen molar-refractivity contribution in [1.82, 2.24) is 4.90 Å². The van der Waals surface area contributed by atoms with Crippen LogP contribution in [0.15, 0.2) is 18.2 Å². The lowest BCUT2D eigenvalue weighted by atomic mass is 10.1. The first kappa shape index (κ1) is 17.6. The van der Waals surface area contributed by atoms with Crippen LogP contribution in [0.1, 0.15) is 18.4 Å². The SMILES string of the molecule is COc1ccc(OC)c(CCC(=O)N2CC[C@@H](N)C2)c1.Cl. The van der Waals surface area contributed by atoms with E-state index in [1.165, 1.54) is 0 Å². The number of methoxy groups -OCH3 is 2. The minimum Gasteiger partial charge on any atom is -0.497 e. The molecule has 1 heterocycles. The zero-order chi connectivity index (χ0) is 14.5. The topological polar surface area (TPSA) is 64.8 Å². The van der Waals surface area contributed by atoms with E-state index in [2.05, 4.69) is 0 Å². The number of aryl methyl sites for hydroxylation is 1. The van der Waals surface area contributed by atoms with E-state index in [1.807, 2.05) is 23.1 Å². The van der Waals surface area contributed by atoms with Gasteiger partial charge in [0.15, 0.2) is 0 Å². The van der Waals surface area contributed by atoms with Gasteiger partial charge >= 0.3 is 0 Å². The highest BCUT2D eigenvalue weighted by atomic mass is 35.5. The lowest BCUT2D eigenvalue weighted by Crippen LogP contribution is -2.32. The lowest BCUT2D eigenvalue weighted by molar-refractivity contribution is -0.130. The summed E-state index contributed by atoms with van der Waals surface area (Å²) < 4.78 is 10.5. The van der Waals surface area contributed by atoms with Crippen LogP contribution in [0.5, 0.6) is 11.5 Å². The number of likely N-dealkylation sites (tertiary alicyclic amines) is 1. The second-order valence-corrected chi connectivity index (χ2v) is 5.07. The van der Waals surface area contributed by atoms with Crippen LogP contribution in [0.4, 0.5) is 0 Å². The van der Waals surface area contributed by atoms with Gasteiger partial charge in [0.1, 0.15) is 11.5 Å². The van der Waals surface area contributed by atoms with Gasteiger partial charge in [-0.3, -0.25) is 4.79 Å². The molecule has 1 amide bonds. The molecule has 1 aromatic rings. The maximum atomic E-state index is 12.1. The van der Waals surface area contributed by atoms with E-state index < -0.39 is 0 Å². The Labute approximate surface area is 131 Å². The smallest absolute Gasteiger partial charge is 0.222 e. The average Bonchev–Trinajstić information content (AvgIpc) is 2.91. The summed E-state index contributed by atoms with van der Waals surface area (Å²) in [6.07, 6.45) is 2.01. The zero-order valence-corrected chi connectivity index (χ0v) is 13.3. The first-order chi connectivity index (χ1) is 9.63. The molecule has 0 aliphatic carbocycles.